The fourth-order valence-corrected chi connectivity index (χ4v) is 4.45. The van der Waals surface area contributed by atoms with E-state index in [-0.39, 0.29) is 42.7 Å². The van der Waals surface area contributed by atoms with Crippen molar-refractivity contribution in [3.8, 4) is 28.6 Å². The molecule has 0 saturated carbocycles. The van der Waals surface area contributed by atoms with Gasteiger partial charge in [0.05, 0.1) is 18.6 Å². The summed E-state index contributed by atoms with van der Waals surface area (Å²) < 4.78 is 14.5. The van der Waals surface area contributed by atoms with E-state index in [0.29, 0.717) is 36.0 Å². The molecule has 4 aromatic rings. The summed E-state index contributed by atoms with van der Waals surface area (Å²) in [5.41, 5.74) is 3.01. The lowest BCUT2D eigenvalue weighted by Crippen LogP contribution is -2.12. The van der Waals surface area contributed by atoms with Crippen molar-refractivity contribution in [3.63, 3.8) is 0 Å². The van der Waals surface area contributed by atoms with Gasteiger partial charge in [0.1, 0.15) is 23.1 Å². The molecule has 0 radical (unpaired) electrons. The number of phenolic OH excluding ortho intramolecular Hbond substituents is 1. The minimum absolute atomic E-state index is 0.00547. The summed E-state index contributed by atoms with van der Waals surface area (Å²) in [6.07, 6.45) is 3.26. The molecule has 38 heavy (non-hydrogen) atoms. The minimum atomic E-state index is -0.349. The number of nitrogens with zero attached hydrogens (tertiary/aromatic N) is 4. The Morgan fingerprint density at radius 2 is 1.87 bits per heavy atom. The fourth-order valence-electron chi connectivity index (χ4n) is 4.45. The van der Waals surface area contributed by atoms with E-state index in [1.165, 1.54) is 6.07 Å². The molecule has 9 nitrogen and oxygen atoms in total. The van der Waals surface area contributed by atoms with E-state index in [1.807, 2.05) is 62.8 Å². The second-order valence-corrected chi connectivity index (χ2v) is 9.69. The molecule has 200 valence electrons. The van der Waals surface area contributed by atoms with Crippen LogP contribution in [0.3, 0.4) is 0 Å². The summed E-state index contributed by atoms with van der Waals surface area (Å²) in [7, 11) is 3.54. The zero-order valence-corrected chi connectivity index (χ0v) is 22.5. The standard InChI is InChI=1S/C29H34N4O5/c1-6-7-28(36)38-26-17-25(35)23(16-22(26)18(2)3)29-31-30-27(15-21(34)11-13-37-5)33(29)20-8-9-24-19(14-20)10-12-32(24)4/h8-10,12,14,16-18,35H,6-7,11,13,15H2,1-5H3. The van der Waals surface area contributed by atoms with E-state index < -0.39 is 0 Å². The normalized spacial score (nSPS) is 11.4. The molecule has 2 heterocycles. The van der Waals surface area contributed by atoms with Gasteiger partial charge < -0.3 is 19.1 Å². The van der Waals surface area contributed by atoms with Crippen LogP contribution in [0.5, 0.6) is 11.5 Å². The summed E-state index contributed by atoms with van der Waals surface area (Å²) >= 11 is 0. The van der Waals surface area contributed by atoms with Crippen molar-refractivity contribution in [2.45, 2.75) is 52.4 Å². The van der Waals surface area contributed by atoms with E-state index in [4.69, 9.17) is 9.47 Å². The van der Waals surface area contributed by atoms with Gasteiger partial charge in [0.2, 0.25) is 0 Å². The Morgan fingerprint density at radius 3 is 2.58 bits per heavy atom. The van der Waals surface area contributed by atoms with E-state index in [2.05, 4.69) is 10.2 Å². The van der Waals surface area contributed by atoms with Gasteiger partial charge >= 0.3 is 5.97 Å². The quantitative estimate of drug-likeness (QED) is 0.217. The minimum Gasteiger partial charge on any atom is -0.507 e. The molecule has 0 unspecified atom stereocenters. The molecule has 2 aromatic heterocycles. The average molecular weight is 519 g/mol. The number of phenols is 1. The highest BCUT2D eigenvalue weighted by atomic mass is 16.5. The molecule has 0 bridgehead atoms. The van der Waals surface area contributed by atoms with E-state index >= 15 is 0 Å². The molecular weight excluding hydrogens is 484 g/mol. The number of ether oxygens (including phenoxy) is 2. The number of Topliss-reactive ketones (excluding diaryl/α,β-unsaturated/α-hetero) is 1. The molecule has 4 rings (SSSR count). The number of carbonyl (C=O) groups is 2. The van der Waals surface area contributed by atoms with Crippen molar-refractivity contribution in [1.29, 1.82) is 0 Å². The van der Waals surface area contributed by atoms with Crippen molar-refractivity contribution < 1.29 is 24.2 Å². The third kappa shape index (κ3) is 5.62. The maximum atomic E-state index is 12.7. The number of aryl methyl sites for hydroxylation is 1. The predicted molar refractivity (Wildman–Crippen MR) is 145 cm³/mol. The number of esters is 1. The van der Waals surface area contributed by atoms with Crippen LogP contribution in [-0.2, 0) is 27.8 Å². The number of benzene rings is 2. The molecule has 9 heteroatoms. The smallest absolute Gasteiger partial charge is 0.311 e. The van der Waals surface area contributed by atoms with Crippen molar-refractivity contribution in [2.75, 3.05) is 13.7 Å². The van der Waals surface area contributed by atoms with E-state index in [0.717, 1.165) is 22.2 Å². The Bertz CT molecular complexity index is 1470. The van der Waals surface area contributed by atoms with Crippen LogP contribution in [0.25, 0.3) is 28.0 Å². The van der Waals surface area contributed by atoms with Crippen LogP contribution in [-0.4, -0.2) is 49.9 Å². The molecule has 1 N–H and O–H groups in total. The fraction of sp³-hybridized carbons (Fsp3) is 0.379. The van der Waals surface area contributed by atoms with Crippen molar-refractivity contribution in [2.24, 2.45) is 7.05 Å². The number of aromatic nitrogens is 4. The van der Waals surface area contributed by atoms with Gasteiger partial charge in [-0.1, -0.05) is 20.8 Å². The lowest BCUT2D eigenvalue weighted by Gasteiger charge is -2.17. The lowest BCUT2D eigenvalue weighted by molar-refractivity contribution is -0.134. The molecule has 0 saturated heterocycles. The van der Waals surface area contributed by atoms with Gasteiger partial charge in [-0.3, -0.25) is 14.2 Å². The SMILES string of the molecule is CCCC(=O)Oc1cc(O)c(-c2nnc(CC(=O)CCOC)n2-c2ccc3c(ccn3C)c2)cc1C(C)C. The highest BCUT2D eigenvalue weighted by molar-refractivity contribution is 5.84. The third-order valence-electron chi connectivity index (χ3n) is 6.47. The number of ketones is 1. The molecule has 0 amide bonds. The van der Waals surface area contributed by atoms with Crippen LogP contribution in [0, 0.1) is 0 Å². The van der Waals surface area contributed by atoms with E-state index in [1.54, 1.807) is 17.7 Å². The number of aromatic hydroxyl groups is 1. The topological polar surface area (TPSA) is 108 Å². The zero-order valence-electron chi connectivity index (χ0n) is 22.5. The average Bonchev–Trinajstić information content (AvgIpc) is 3.45. The molecule has 0 aliphatic heterocycles. The summed E-state index contributed by atoms with van der Waals surface area (Å²) in [5.74, 6) is 0.703. The van der Waals surface area contributed by atoms with Crippen molar-refractivity contribution in [1.82, 2.24) is 19.3 Å². The van der Waals surface area contributed by atoms with Crippen LogP contribution >= 0.6 is 0 Å². The third-order valence-corrected chi connectivity index (χ3v) is 6.47. The molecule has 0 atom stereocenters. The monoisotopic (exact) mass is 518 g/mol. The lowest BCUT2D eigenvalue weighted by atomic mass is 9.98. The van der Waals surface area contributed by atoms with Gasteiger partial charge in [-0.2, -0.15) is 0 Å². The maximum absolute atomic E-state index is 12.7. The molecule has 0 fully saturated rings. The van der Waals surface area contributed by atoms with Gasteiger partial charge in [0.15, 0.2) is 5.82 Å². The summed E-state index contributed by atoms with van der Waals surface area (Å²) in [4.78, 5) is 24.9. The molecule has 0 aliphatic carbocycles. The van der Waals surface area contributed by atoms with E-state index in [9.17, 15) is 14.7 Å². The highest BCUT2D eigenvalue weighted by Crippen LogP contribution is 2.39. The number of hydrogen-bond donors (Lipinski definition) is 1. The Labute approximate surface area is 222 Å². The zero-order chi connectivity index (χ0) is 27.4. The van der Waals surface area contributed by atoms with Crippen LogP contribution in [0.2, 0.25) is 0 Å². The highest BCUT2D eigenvalue weighted by Gasteiger charge is 2.24. The van der Waals surface area contributed by atoms with Gasteiger partial charge in [-0.25, -0.2) is 0 Å². The largest absolute Gasteiger partial charge is 0.507 e. The number of hydrogen-bond acceptors (Lipinski definition) is 7. The molecule has 0 aliphatic rings. The van der Waals surface area contributed by atoms with Crippen LogP contribution in [0.15, 0.2) is 42.6 Å². The molecular formula is C29H34N4O5. The second kappa shape index (κ2) is 11.6. The van der Waals surface area contributed by atoms with Crippen LogP contribution in [0.4, 0.5) is 0 Å². The van der Waals surface area contributed by atoms with Crippen LogP contribution in [0.1, 0.15) is 57.3 Å². The maximum Gasteiger partial charge on any atom is 0.311 e. The number of rotatable bonds is 11. The van der Waals surface area contributed by atoms with Crippen molar-refractivity contribution in [3.05, 3.63) is 54.0 Å². The first-order chi connectivity index (χ1) is 18.2. The Morgan fingerprint density at radius 1 is 1.08 bits per heavy atom. The Hall–Kier alpha value is -3.98. The molecule has 0 spiro atoms. The van der Waals surface area contributed by atoms with Crippen LogP contribution < -0.4 is 4.74 Å². The van der Waals surface area contributed by atoms with Gasteiger partial charge in [0.25, 0.3) is 0 Å². The van der Waals surface area contributed by atoms with Crippen molar-refractivity contribution >= 4 is 22.7 Å². The van der Waals surface area contributed by atoms with Gasteiger partial charge in [-0.05, 0) is 48.2 Å². The van der Waals surface area contributed by atoms with Gasteiger partial charge in [-0.15, -0.1) is 10.2 Å². The molecule has 2 aromatic carbocycles. The summed E-state index contributed by atoms with van der Waals surface area (Å²) in [6.45, 7) is 6.21. The first-order valence-corrected chi connectivity index (χ1v) is 12.8. The number of fused-ring (bicyclic) bond motifs is 1. The number of methoxy groups -OCH3 is 1. The number of carbonyl (C=O) groups excluding carboxylic acids is 2. The summed E-state index contributed by atoms with van der Waals surface area (Å²) in [6, 6.07) is 11.2. The Balaban J connectivity index is 1.86. The Kier molecular flexibility index (Phi) is 8.26. The predicted octanol–water partition coefficient (Wildman–Crippen LogP) is 5.11. The second-order valence-electron chi connectivity index (χ2n) is 9.69. The summed E-state index contributed by atoms with van der Waals surface area (Å²) in [5, 5.41) is 20.9. The first kappa shape index (κ1) is 27.1. The van der Waals surface area contributed by atoms with Gasteiger partial charge in [0, 0.05) is 55.9 Å². The first-order valence-electron chi connectivity index (χ1n) is 12.8.